The van der Waals surface area contributed by atoms with Crippen molar-refractivity contribution in [1.82, 2.24) is 10.2 Å². The van der Waals surface area contributed by atoms with E-state index in [1.54, 1.807) is 0 Å². The summed E-state index contributed by atoms with van der Waals surface area (Å²) in [5.74, 6) is 2.34. The first-order valence-corrected chi connectivity index (χ1v) is 6.60. The van der Waals surface area contributed by atoms with E-state index >= 15 is 0 Å². The second-order valence-corrected chi connectivity index (χ2v) is 5.83. The third-order valence-corrected chi connectivity index (χ3v) is 4.26. The van der Waals surface area contributed by atoms with Crippen LogP contribution in [0.25, 0.3) is 0 Å². The third kappa shape index (κ3) is 2.40. The predicted octanol–water partition coefficient (Wildman–Crippen LogP) is 1.49. The van der Waals surface area contributed by atoms with Gasteiger partial charge in [0.15, 0.2) is 0 Å². The van der Waals surface area contributed by atoms with Gasteiger partial charge in [-0.05, 0) is 37.1 Å². The van der Waals surface area contributed by atoms with E-state index in [4.69, 9.17) is 0 Å². The molecule has 3 nitrogen and oxygen atoms in total. The molecule has 0 aromatic carbocycles. The van der Waals surface area contributed by atoms with Crippen molar-refractivity contribution in [3.8, 4) is 0 Å². The Morgan fingerprint density at radius 3 is 2.38 bits per heavy atom. The van der Waals surface area contributed by atoms with E-state index in [-0.39, 0.29) is 6.04 Å². The molecule has 1 amide bonds. The van der Waals surface area contributed by atoms with Gasteiger partial charge in [-0.3, -0.25) is 4.79 Å². The predicted molar refractivity (Wildman–Crippen MR) is 65.1 cm³/mol. The normalized spacial score (nSPS) is 40.1. The van der Waals surface area contributed by atoms with Crippen LogP contribution in [0.15, 0.2) is 0 Å². The second kappa shape index (κ2) is 4.74. The number of hydrogen-bond acceptors (Lipinski definition) is 2. The number of amides is 1. The molecule has 1 N–H and O–H groups in total. The maximum Gasteiger partial charge on any atom is 0.239 e. The third-order valence-electron chi connectivity index (χ3n) is 4.26. The fourth-order valence-corrected chi connectivity index (χ4v) is 2.83. The molecule has 16 heavy (non-hydrogen) atoms. The van der Waals surface area contributed by atoms with Crippen LogP contribution in [-0.4, -0.2) is 36.5 Å². The Balaban J connectivity index is 1.92. The van der Waals surface area contributed by atoms with Crippen LogP contribution in [0.3, 0.4) is 0 Å². The second-order valence-electron chi connectivity index (χ2n) is 5.83. The molecule has 0 saturated carbocycles. The van der Waals surface area contributed by atoms with Gasteiger partial charge < -0.3 is 10.2 Å². The lowest BCUT2D eigenvalue weighted by Gasteiger charge is -2.30. The minimum atomic E-state index is 0.0845. The number of rotatable bonds is 1. The van der Waals surface area contributed by atoms with Gasteiger partial charge in [-0.15, -0.1) is 0 Å². The van der Waals surface area contributed by atoms with E-state index in [0.29, 0.717) is 23.7 Å². The molecular weight excluding hydrogens is 200 g/mol. The fraction of sp³-hybridized carbons (Fsp3) is 0.923. The zero-order valence-corrected chi connectivity index (χ0v) is 10.7. The first-order chi connectivity index (χ1) is 7.58. The Morgan fingerprint density at radius 1 is 1.19 bits per heavy atom. The summed E-state index contributed by atoms with van der Waals surface area (Å²) >= 11 is 0. The van der Waals surface area contributed by atoms with Gasteiger partial charge in [0.2, 0.25) is 5.91 Å². The largest absolute Gasteiger partial charge is 0.341 e. The number of carbonyl (C=O) groups is 1. The molecule has 4 atom stereocenters. The van der Waals surface area contributed by atoms with Gasteiger partial charge in [-0.1, -0.05) is 20.8 Å². The van der Waals surface area contributed by atoms with Crippen molar-refractivity contribution < 1.29 is 4.79 Å². The Bertz CT molecular complexity index is 250. The van der Waals surface area contributed by atoms with Gasteiger partial charge in [0.05, 0.1) is 6.04 Å². The Morgan fingerprint density at radius 2 is 1.81 bits per heavy atom. The lowest BCUT2D eigenvalue weighted by molar-refractivity contribution is -0.133. The van der Waals surface area contributed by atoms with Crippen molar-refractivity contribution >= 4 is 5.91 Å². The SMILES string of the molecule is CC1CCNC(C(=O)N2CC(C)C(C)C2)C1. The van der Waals surface area contributed by atoms with Gasteiger partial charge in [0.25, 0.3) is 0 Å². The first kappa shape index (κ1) is 11.9. The quantitative estimate of drug-likeness (QED) is 0.732. The minimum absolute atomic E-state index is 0.0845. The van der Waals surface area contributed by atoms with E-state index in [9.17, 15) is 4.79 Å². The van der Waals surface area contributed by atoms with E-state index in [1.165, 1.54) is 6.42 Å². The molecule has 2 aliphatic heterocycles. The van der Waals surface area contributed by atoms with Crippen LogP contribution in [0, 0.1) is 17.8 Å². The molecule has 0 aromatic heterocycles. The maximum absolute atomic E-state index is 12.3. The average molecular weight is 224 g/mol. The molecule has 0 aliphatic carbocycles. The molecule has 0 bridgehead atoms. The molecule has 92 valence electrons. The first-order valence-electron chi connectivity index (χ1n) is 6.60. The lowest BCUT2D eigenvalue weighted by Crippen LogP contribution is -2.49. The Kier molecular flexibility index (Phi) is 3.53. The minimum Gasteiger partial charge on any atom is -0.341 e. The van der Waals surface area contributed by atoms with Crippen LogP contribution < -0.4 is 5.32 Å². The molecule has 2 aliphatic rings. The molecule has 3 heteroatoms. The lowest BCUT2D eigenvalue weighted by atomic mass is 9.93. The summed E-state index contributed by atoms with van der Waals surface area (Å²) in [5, 5.41) is 3.36. The molecule has 0 spiro atoms. The molecule has 2 rings (SSSR count). The number of carbonyl (C=O) groups excluding carboxylic acids is 1. The topological polar surface area (TPSA) is 32.3 Å². The summed E-state index contributed by atoms with van der Waals surface area (Å²) in [6.07, 6.45) is 2.22. The van der Waals surface area contributed by atoms with Gasteiger partial charge >= 0.3 is 0 Å². The molecule has 0 aromatic rings. The van der Waals surface area contributed by atoms with Gasteiger partial charge in [-0.2, -0.15) is 0 Å². The van der Waals surface area contributed by atoms with E-state index in [0.717, 1.165) is 26.1 Å². The zero-order chi connectivity index (χ0) is 11.7. The van der Waals surface area contributed by atoms with Crippen LogP contribution in [0.2, 0.25) is 0 Å². The highest BCUT2D eigenvalue weighted by atomic mass is 16.2. The highest BCUT2D eigenvalue weighted by molar-refractivity contribution is 5.82. The monoisotopic (exact) mass is 224 g/mol. The van der Waals surface area contributed by atoms with Crippen LogP contribution in [0.4, 0.5) is 0 Å². The highest BCUT2D eigenvalue weighted by Crippen LogP contribution is 2.24. The smallest absolute Gasteiger partial charge is 0.239 e. The van der Waals surface area contributed by atoms with Crippen LogP contribution >= 0.6 is 0 Å². The Labute approximate surface area is 98.6 Å². The van der Waals surface area contributed by atoms with Crippen molar-refractivity contribution in [2.45, 2.75) is 39.7 Å². The maximum atomic E-state index is 12.3. The number of hydrogen-bond donors (Lipinski definition) is 1. The molecule has 0 radical (unpaired) electrons. The fourth-order valence-electron chi connectivity index (χ4n) is 2.83. The summed E-state index contributed by atoms with van der Waals surface area (Å²) < 4.78 is 0. The summed E-state index contributed by atoms with van der Waals surface area (Å²) in [7, 11) is 0. The van der Waals surface area contributed by atoms with E-state index in [1.807, 2.05) is 0 Å². The van der Waals surface area contributed by atoms with Crippen molar-refractivity contribution in [3.05, 3.63) is 0 Å². The van der Waals surface area contributed by atoms with Crippen molar-refractivity contribution in [2.75, 3.05) is 19.6 Å². The summed E-state index contributed by atoms with van der Waals surface area (Å²) in [6.45, 7) is 9.63. The summed E-state index contributed by atoms with van der Waals surface area (Å²) in [4.78, 5) is 14.4. The summed E-state index contributed by atoms with van der Waals surface area (Å²) in [6, 6.07) is 0.0845. The molecule has 2 heterocycles. The van der Waals surface area contributed by atoms with Gasteiger partial charge in [-0.25, -0.2) is 0 Å². The van der Waals surface area contributed by atoms with Crippen molar-refractivity contribution in [1.29, 1.82) is 0 Å². The molecule has 4 unspecified atom stereocenters. The molecular formula is C13H24N2O. The van der Waals surface area contributed by atoms with E-state index in [2.05, 4.69) is 31.0 Å². The number of nitrogens with zero attached hydrogens (tertiary/aromatic N) is 1. The van der Waals surface area contributed by atoms with Crippen molar-refractivity contribution in [2.24, 2.45) is 17.8 Å². The van der Waals surface area contributed by atoms with Crippen LogP contribution in [0.1, 0.15) is 33.6 Å². The number of likely N-dealkylation sites (tertiary alicyclic amines) is 1. The van der Waals surface area contributed by atoms with E-state index < -0.39 is 0 Å². The molecule has 2 saturated heterocycles. The van der Waals surface area contributed by atoms with Crippen molar-refractivity contribution in [3.63, 3.8) is 0 Å². The average Bonchev–Trinajstić information content (AvgIpc) is 2.58. The Hall–Kier alpha value is -0.570. The zero-order valence-electron chi connectivity index (χ0n) is 10.7. The summed E-state index contributed by atoms with van der Waals surface area (Å²) in [5.41, 5.74) is 0. The number of nitrogens with one attached hydrogen (secondary N) is 1. The van der Waals surface area contributed by atoms with Gasteiger partial charge in [0, 0.05) is 13.1 Å². The highest BCUT2D eigenvalue weighted by Gasteiger charge is 2.34. The van der Waals surface area contributed by atoms with Crippen LogP contribution in [-0.2, 0) is 4.79 Å². The van der Waals surface area contributed by atoms with Crippen LogP contribution in [0.5, 0.6) is 0 Å². The molecule has 2 fully saturated rings. The standard InChI is InChI=1S/C13H24N2O/c1-9-4-5-14-12(6-9)13(16)15-7-10(2)11(3)8-15/h9-12,14H,4-8H2,1-3H3. The number of piperidine rings is 1. The van der Waals surface area contributed by atoms with Gasteiger partial charge in [0.1, 0.15) is 0 Å².